The van der Waals surface area contributed by atoms with Crippen LogP contribution >= 0.6 is 22.6 Å². The Kier molecular flexibility index (Phi) is 4.24. The van der Waals surface area contributed by atoms with Crippen molar-refractivity contribution in [2.75, 3.05) is 5.32 Å². The summed E-state index contributed by atoms with van der Waals surface area (Å²) in [5, 5.41) is 3.00. The van der Waals surface area contributed by atoms with Crippen molar-refractivity contribution in [2.24, 2.45) is 0 Å². The molecule has 2 rings (SSSR count). The van der Waals surface area contributed by atoms with Gasteiger partial charge >= 0.3 is 0 Å². The number of hydrogen-bond donors (Lipinski definition) is 1. The Labute approximate surface area is 127 Å². The van der Waals surface area contributed by atoms with E-state index in [9.17, 15) is 4.79 Å². The predicted octanol–water partition coefficient (Wildman–Crippen LogP) is 4.21. The summed E-state index contributed by atoms with van der Waals surface area (Å²) in [6.07, 6.45) is 0. The molecule has 1 N–H and O–H groups in total. The van der Waals surface area contributed by atoms with Crippen LogP contribution in [0.3, 0.4) is 0 Å². The molecule has 19 heavy (non-hydrogen) atoms. The molecule has 3 heteroatoms. The molecule has 0 heterocycles. The lowest BCUT2D eigenvalue weighted by atomic mass is 9.83. The van der Waals surface area contributed by atoms with Crippen molar-refractivity contribution < 1.29 is 4.79 Å². The summed E-state index contributed by atoms with van der Waals surface area (Å²) < 4.78 is 1.04. The molecule has 0 spiro atoms. The number of carbonyl (C=O) groups excluding carboxylic acids is 1. The first kappa shape index (κ1) is 14.1. The molecule has 0 saturated heterocycles. The zero-order chi connectivity index (χ0) is 13.9. The molecule has 0 radical (unpaired) electrons. The van der Waals surface area contributed by atoms with Crippen LogP contribution in [0.15, 0.2) is 54.6 Å². The second-order valence-corrected chi connectivity index (χ2v) is 6.09. The van der Waals surface area contributed by atoms with E-state index in [1.807, 2.05) is 68.4 Å². The first-order chi connectivity index (χ1) is 9.01. The van der Waals surface area contributed by atoms with Crippen molar-refractivity contribution in [3.63, 3.8) is 0 Å². The zero-order valence-electron chi connectivity index (χ0n) is 11.0. The van der Waals surface area contributed by atoms with Gasteiger partial charge in [-0.15, -0.1) is 0 Å². The lowest BCUT2D eigenvalue weighted by Crippen LogP contribution is -2.34. The first-order valence-electron chi connectivity index (χ1n) is 6.13. The summed E-state index contributed by atoms with van der Waals surface area (Å²) >= 11 is 2.22. The van der Waals surface area contributed by atoms with Gasteiger partial charge in [-0.3, -0.25) is 4.79 Å². The minimum absolute atomic E-state index is 0.00261. The van der Waals surface area contributed by atoms with Crippen LogP contribution in [0.25, 0.3) is 0 Å². The van der Waals surface area contributed by atoms with Crippen LogP contribution in [0, 0.1) is 3.57 Å². The minimum atomic E-state index is -0.555. The summed E-state index contributed by atoms with van der Waals surface area (Å²) in [6.45, 7) is 3.88. The Hall–Kier alpha value is -1.36. The Balaban J connectivity index is 2.23. The maximum atomic E-state index is 12.5. The topological polar surface area (TPSA) is 29.1 Å². The second kappa shape index (κ2) is 5.74. The molecule has 1 amide bonds. The first-order valence-corrected chi connectivity index (χ1v) is 7.21. The Morgan fingerprint density at radius 2 is 1.58 bits per heavy atom. The van der Waals surface area contributed by atoms with Crippen LogP contribution in [-0.2, 0) is 10.2 Å². The van der Waals surface area contributed by atoms with Gasteiger partial charge in [0, 0.05) is 3.57 Å². The highest BCUT2D eigenvalue weighted by Gasteiger charge is 2.29. The van der Waals surface area contributed by atoms with Gasteiger partial charge in [-0.1, -0.05) is 42.5 Å². The summed E-state index contributed by atoms with van der Waals surface area (Å²) in [6, 6.07) is 17.6. The van der Waals surface area contributed by atoms with Crippen LogP contribution in [0.2, 0.25) is 0 Å². The summed E-state index contributed by atoms with van der Waals surface area (Å²) in [5.41, 5.74) is 1.32. The Morgan fingerprint density at radius 3 is 2.21 bits per heavy atom. The van der Waals surface area contributed by atoms with E-state index in [0.717, 1.165) is 14.8 Å². The SMILES string of the molecule is CC(C)(C(=O)Nc1ccccc1I)c1ccccc1. The van der Waals surface area contributed by atoms with E-state index in [1.165, 1.54) is 0 Å². The van der Waals surface area contributed by atoms with Crippen LogP contribution in [-0.4, -0.2) is 5.91 Å². The molecular formula is C16H16INO. The van der Waals surface area contributed by atoms with Crippen molar-refractivity contribution in [3.8, 4) is 0 Å². The minimum Gasteiger partial charge on any atom is -0.324 e. The van der Waals surface area contributed by atoms with Crippen LogP contribution in [0.4, 0.5) is 5.69 Å². The number of para-hydroxylation sites is 1. The van der Waals surface area contributed by atoms with E-state index < -0.39 is 5.41 Å². The van der Waals surface area contributed by atoms with Crippen LogP contribution < -0.4 is 5.32 Å². The highest BCUT2D eigenvalue weighted by Crippen LogP contribution is 2.26. The fourth-order valence-corrected chi connectivity index (χ4v) is 2.35. The van der Waals surface area contributed by atoms with Crippen molar-refractivity contribution >= 4 is 34.2 Å². The lowest BCUT2D eigenvalue weighted by molar-refractivity contribution is -0.120. The van der Waals surface area contributed by atoms with Gasteiger partial charge in [-0.25, -0.2) is 0 Å². The Morgan fingerprint density at radius 1 is 1.00 bits per heavy atom. The zero-order valence-corrected chi connectivity index (χ0v) is 13.1. The molecule has 0 aliphatic heterocycles. The van der Waals surface area contributed by atoms with Crippen molar-refractivity contribution in [2.45, 2.75) is 19.3 Å². The largest absolute Gasteiger partial charge is 0.324 e. The van der Waals surface area contributed by atoms with E-state index in [-0.39, 0.29) is 5.91 Å². The van der Waals surface area contributed by atoms with Crippen molar-refractivity contribution in [3.05, 3.63) is 63.7 Å². The average molecular weight is 365 g/mol. The van der Waals surface area contributed by atoms with Gasteiger partial charge in [0.15, 0.2) is 0 Å². The molecule has 0 aliphatic carbocycles. The number of amides is 1. The molecule has 0 unspecified atom stereocenters. The number of carbonyl (C=O) groups is 1. The smallest absolute Gasteiger partial charge is 0.234 e. The highest BCUT2D eigenvalue weighted by molar-refractivity contribution is 14.1. The number of nitrogens with one attached hydrogen (secondary N) is 1. The maximum absolute atomic E-state index is 12.5. The van der Waals surface area contributed by atoms with E-state index in [0.29, 0.717) is 0 Å². The molecule has 0 bridgehead atoms. The van der Waals surface area contributed by atoms with Gasteiger partial charge in [-0.05, 0) is 54.1 Å². The molecule has 98 valence electrons. The van der Waals surface area contributed by atoms with Gasteiger partial charge < -0.3 is 5.32 Å². The average Bonchev–Trinajstić information content (AvgIpc) is 2.42. The molecule has 0 saturated carbocycles. The number of rotatable bonds is 3. The molecule has 0 atom stereocenters. The van der Waals surface area contributed by atoms with E-state index in [2.05, 4.69) is 27.9 Å². The predicted molar refractivity (Wildman–Crippen MR) is 87.3 cm³/mol. The third-order valence-electron chi connectivity index (χ3n) is 3.19. The van der Waals surface area contributed by atoms with Gasteiger partial charge in [0.1, 0.15) is 0 Å². The fraction of sp³-hybridized carbons (Fsp3) is 0.188. The highest BCUT2D eigenvalue weighted by atomic mass is 127. The van der Waals surface area contributed by atoms with E-state index >= 15 is 0 Å². The number of anilines is 1. The van der Waals surface area contributed by atoms with Crippen molar-refractivity contribution in [1.82, 2.24) is 0 Å². The van der Waals surface area contributed by atoms with Gasteiger partial charge in [-0.2, -0.15) is 0 Å². The third kappa shape index (κ3) is 3.15. The van der Waals surface area contributed by atoms with Gasteiger partial charge in [0.2, 0.25) is 5.91 Å². The van der Waals surface area contributed by atoms with E-state index in [1.54, 1.807) is 0 Å². The van der Waals surface area contributed by atoms with Gasteiger partial charge in [0.25, 0.3) is 0 Å². The quantitative estimate of drug-likeness (QED) is 0.812. The third-order valence-corrected chi connectivity index (χ3v) is 4.13. The monoisotopic (exact) mass is 365 g/mol. The molecule has 2 nitrogen and oxygen atoms in total. The van der Waals surface area contributed by atoms with Crippen LogP contribution in [0.1, 0.15) is 19.4 Å². The summed E-state index contributed by atoms with van der Waals surface area (Å²) in [4.78, 5) is 12.5. The second-order valence-electron chi connectivity index (χ2n) is 4.92. The molecule has 0 aromatic heterocycles. The molecule has 2 aromatic rings. The number of halogens is 1. The fourth-order valence-electron chi connectivity index (χ4n) is 1.83. The molecule has 2 aromatic carbocycles. The maximum Gasteiger partial charge on any atom is 0.234 e. The standard InChI is InChI=1S/C16H16INO/c1-16(2,12-8-4-3-5-9-12)15(19)18-14-11-7-6-10-13(14)17/h3-11H,1-2H3,(H,18,19). The van der Waals surface area contributed by atoms with Crippen LogP contribution in [0.5, 0.6) is 0 Å². The number of benzene rings is 2. The Bertz CT molecular complexity index is 578. The lowest BCUT2D eigenvalue weighted by Gasteiger charge is -2.24. The molecular weight excluding hydrogens is 349 g/mol. The van der Waals surface area contributed by atoms with Gasteiger partial charge in [0.05, 0.1) is 11.1 Å². The number of hydrogen-bond acceptors (Lipinski definition) is 1. The normalized spacial score (nSPS) is 11.1. The van der Waals surface area contributed by atoms with Crippen molar-refractivity contribution in [1.29, 1.82) is 0 Å². The summed E-state index contributed by atoms with van der Waals surface area (Å²) in [5.74, 6) is 0.00261. The summed E-state index contributed by atoms with van der Waals surface area (Å²) in [7, 11) is 0. The molecule has 0 fully saturated rings. The van der Waals surface area contributed by atoms with E-state index in [4.69, 9.17) is 0 Å². The molecule has 0 aliphatic rings.